The van der Waals surface area contributed by atoms with Crippen LogP contribution in [0, 0.1) is 6.92 Å². The summed E-state index contributed by atoms with van der Waals surface area (Å²) in [4.78, 5) is 12.4. The maximum atomic E-state index is 12.4. The number of ether oxygens (including phenoxy) is 3. The number of amides is 1. The molecule has 0 unspecified atom stereocenters. The van der Waals surface area contributed by atoms with Crippen LogP contribution in [0.4, 0.5) is 5.69 Å². The SMILES string of the molecule is COc1ccc(C)cc1NC(=O)CSc1nnc([C@@H]2COc3ccccc3O2)n1N. The number of methoxy groups -OCH3 is 1. The Balaban J connectivity index is 1.39. The van der Waals surface area contributed by atoms with Gasteiger partial charge in [0.2, 0.25) is 11.1 Å². The number of thioether (sulfide) groups is 1. The van der Waals surface area contributed by atoms with E-state index in [1.54, 1.807) is 7.11 Å². The van der Waals surface area contributed by atoms with Crippen LogP contribution in [-0.2, 0) is 4.79 Å². The van der Waals surface area contributed by atoms with Crippen LogP contribution in [0.3, 0.4) is 0 Å². The molecule has 3 N–H and O–H groups in total. The normalized spacial score (nSPS) is 14.9. The molecule has 0 saturated carbocycles. The van der Waals surface area contributed by atoms with E-state index in [0.717, 1.165) is 5.56 Å². The monoisotopic (exact) mass is 427 g/mol. The minimum atomic E-state index is -0.489. The fraction of sp³-hybridized carbons (Fsp3) is 0.250. The van der Waals surface area contributed by atoms with Crippen LogP contribution in [-0.4, -0.2) is 40.3 Å². The van der Waals surface area contributed by atoms with Crippen molar-refractivity contribution >= 4 is 23.4 Å². The van der Waals surface area contributed by atoms with E-state index in [0.29, 0.717) is 33.9 Å². The molecule has 2 heterocycles. The molecule has 30 heavy (non-hydrogen) atoms. The number of nitrogens with one attached hydrogen (secondary N) is 1. The van der Waals surface area contributed by atoms with Gasteiger partial charge in [-0.3, -0.25) is 4.79 Å². The van der Waals surface area contributed by atoms with Crippen LogP contribution in [0.15, 0.2) is 47.6 Å². The molecule has 1 aliphatic rings. The maximum absolute atomic E-state index is 12.4. The quantitative estimate of drug-likeness (QED) is 0.456. The number of carbonyl (C=O) groups is 1. The van der Waals surface area contributed by atoms with Crippen LogP contribution < -0.4 is 25.4 Å². The summed E-state index contributed by atoms with van der Waals surface area (Å²) < 4.78 is 18.2. The molecule has 0 aliphatic carbocycles. The molecule has 2 aromatic carbocycles. The molecule has 0 spiro atoms. The van der Waals surface area contributed by atoms with Crippen molar-refractivity contribution in [3.63, 3.8) is 0 Å². The highest BCUT2D eigenvalue weighted by Crippen LogP contribution is 2.35. The van der Waals surface area contributed by atoms with Crippen molar-refractivity contribution in [3.05, 3.63) is 53.9 Å². The first kappa shape index (κ1) is 19.9. The van der Waals surface area contributed by atoms with E-state index in [1.165, 1.54) is 16.4 Å². The summed E-state index contributed by atoms with van der Waals surface area (Å²) in [5.74, 6) is 8.36. The molecule has 1 aromatic heterocycles. The van der Waals surface area contributed by atoms with Gasteiger partial charge in [0.05, 0.1) is 18.6 Å². The molecule has 4 rings (SSSR count). The van der Waals surface area contributed by atoms with E-state index in [9.17, 15) is 4.79 Å². The Morgan fingerprint density at radius 2 is 2.10 bits per heavy atom. The smallest absolute Gasteiger partial charge is 0.234 e. The van der Waals surface area contributed by atoms with E-state index >= 15 is 0 Å². The number of aromatic nitrogens is 3. The largest absolute Gasteiger partial charge is 0.495 e. The minimum Gasteiger partial charge on any atom is -0.495 e. The molecular weight excluding hydrogens is 406 g/mol. The molecule has 9 nitrogen and oxygen atoms in total. The first-order valence-electron chi connectivity index (χ1n) is 9.21. The standard InChI is InChI=1S/C20H21N5O4S/c1-12-7-8-14(27-2)13(9-12)22-18(26)11-30-20-24-23-19(25(20)21)17-10-28-15-5-3-4-6-16(15)29-17/h3-9,17H,10-11,21H2,1-2H3,(H,22,26)/t17-/m0/s1. The van der Waals surface area contributed by atoms with E-state index in [4.69, 9.17) is 20.1 Å². The van der Waals surface area contributed by atoms with Crippen molar-refractivity contribution in [1.82, 2.24) is 14.9 Å². The fourth-order valence-electron chi connectivity index (χ4n) is 2.99. The summed E-state index contributed by atoms with van der Waals surface area (Å²) in [6.45, 7) is 2.21. The molecule has 1 amide bonds. The number of para-hydroxylation sites is 2. The number of anilines is 1. The summed E-state index contributed by atoms with van der Waals surface area (Å²) in [6, 6.07) is 13.0. The average Bonchev–Trinajstić information content (AvgIpc) is 3.12. The van der Waals surface area contributed by atoms with Gasteiger partial charge in [-0.15, -0.1) is 10.2 Å². The number of fused-ring (bicyclic) bond motifs is 1. The lowest BCUT2D eigenvalue weighted by atomic mass is 10.2. The number of aryl methyl sites for hydroxylation is 1. The lowest BCUT2D eigenvalue weighted by Gasteiger charge is -2.25. The van der Waals surface area contributed by atoms with Gasteiger partial charge in [0.15, 0.2) is 23.4 Å². The van der Waals surface area contributed by atoms with Crippen molar-refractivity contribution in [3.8, 4) is 17.2 Å². The number of nitrogens with two attached hydrogens (primary N) is 1. The van der Waals surface area contributed by atoms with Gasteiger partial charge in [-0.25, -0.2) is 4.68 Å². The number of carbonyl (C=O) groups excluding carboxylic acids is 1. The van der Waals surface area contributed by atoms with E-state index in [2.05, 4.69) is 15.5 Å². The molecule has 0 bridgehead atoms. The number of rotatable bonds is 6. The van der Waals surface area contributed by atoms with Gasteiger partial charge in [-0.05, 0) is 36.8 Å². The number of hydrogen-bond donors (Lipinski definition) is 2. The zero-order valence-corrected chi connectivity index (χ0v) is 17.3. The van der Waals surface area contributed by atoms with Gasteiger partial charge in [-0.2, -0.15) is 0 Å². The minimum absolute atomic E-state index is 0.108. The molecule has 0 saturated heterocycles. The third-order valence-electron chi connectivity index (χ3n) is 4.45. The number of nitrogen functional groups attached to an aromatic ring is 1. The molecule has 10 heteroatoms. The number of hydrogen-bond acceptors (Lipinski definition) is 8. The Morgan fingerprint density at radius 3 is 2.90 bits per heavy atom. The van der Waals surface area contributed by atoms with Gasteiger partial charge < -0.3 is 25.4 Å². The first-order chi connectivity index (χ1) is 14.5. The van der Waals surface area contributed by atoms with Crippen molar-refractivity contribution in [2.24, 2.45) is 0 Å². The van der Waals surface area contributed by atoms with Crippen molar-refractivity contribution < 1.29 is 19.0 Å². The number of benzene rings is 2. The molecule has 0 radical (unpaired) electrons. The molecule has 1 aliphatic heterocycles. The predicted molar refractivity (Wildman–Crippen MR) is 113 cm³/mol. The Labute approximate surface area is 177 Å². The molecule has 1 atom stereocenters. The van der Waals surface area contributed by atoms with Crippen LogP contribution >= 0.6 is 11.8 Å². The first-order valence-corrected chi connectivity index (χ1v) is 10.2. The lowest BCUT2D eigenvalue weighted by Crippen LogP contribution is -2.27. The van der Waals surface area contributed by atoms with Crippen LogP contribution in [0.1, 0.15) is 17.5 Å². The van der Waals surface area contributed by atoms with E-state index in [1.807, 2.05) is 49.4 Å². The molecule has 156 valence electrons. The van der Waals surface area contributed by atoms with Crippen LogP contribution in [0.5, 0.6) is 17.2 Å². The summed E-state index contributed by atoms with van der Waals surface area (Å²) in [5.41, 5.74) is 1.63. The summed E-state index contributed by atoms with van der Waals surface area (Å²) >= 11 is 1.18. The summed E-state index contributed by atoms with van der Waals surface area (Å²) in [5, 5.41) is 11.5. The Morgan fingerprint density at radius 1 is 1.30 bits per heavy atom. The lowest BCUT2D eigenvalue weighted by molar-refractivity contribution is -0.113. The van der Waals surface area contributed by atoms with Crippen molar-refractivity contribution in [2.45, 2.75) is 18.2 Å². The highest BCUT2D eigenvalue weighted by molar-refractivity contribution is 7.99. The van der Waals surface area contributed by atoms with E-state index in [-0.39, 0.29) is 18.3 Å². The van der Waals surface area contributed by atoms with Gasteiger partial charge >= 0.3 is 0 Å². The zero-order valence-electron chi connectivity index (χ0n) is 16.5. The molecule has 3 aromatic rings. The second kappa shape index (κ2) is 8.54. The second-order valence-electron chi connectivity index (χ2n) is 6.62. The molecule has 0 fully saturated rings. The Kier molecular flexibility index (Phi) is 5.66. The zero-order chi connectivity index (χ0) is 21.1. The predicted octanol–water partition coefficient (Wildman–Crippen LogP) is 2.55. The Hall–Kier alpha value is -3.40. The summed E-state index contributed by atoms with van der Waals surface area (Å²) in [7, 11) is 1.56. The second-order valence-corrected chi connectivity index (χ2v) is 7.56. The van der Waals surface area contributed by atoms with Crippen LogP contribution in [0.25, 0.3) is 0 Å². The Bertz CT molecular complexity index is 1070. The topological polar surface area (TPSA) is 114 Å². The fourth-order valence-corrected chi connectivity index (χ4v) is 3.65. The molecular formula is C20H21N5O4S. The van der Waals surface area contributed by atoms with E-state index < -0.39 is 6.10 Å². The van der Waals surface area contributed by atoms with Crippen molar-refractivity contribution in [2.75, 3.05) is 30.6 Å². The van der Waals surface area contributed by atoms with Crippen LogP contribution in [0.2, 0.25) is 0 Å². The van der Waals surface area contributed by atoms with Gasteiger partial charge in [0, 0.05) is 0 Å². The average molecular weight is 427 g/mol. The summed E-state index contributed by atoms with van der Waals surface area (Å²) in [6.07, 6.45) is -0.489. The number of nitrogens with zero attached hydrogens (tertiary/aromatic N) is 3. The highest BCUT2D eigenvalue weighted by atomic mass is 32.2. The van der Waals surface area contributed by atoms with Gasteiger partial charge in [-0.1, -0.05) is 30.0 Å². The van der Waals surface area contributed by atoms with Crippen molar-refractivity contribution in [1.29, 1.82) is 0 Å². The third-order valence-corrected chi connectivity index (χ3v) is 5.39. The van der Waals surface area contributed by atoms with Gasteiger partial charge in [0.25, 0.3) is 0 Å². The third kappa shape index (κ3) is 4.13. The van der Waals surface area contributed by atoms with Gasteiger partial charge in [0.1, 0.15) is 12.4 Å². The maximum Gasteiger partial charge on any atom is 0.234 e. The highest BCUT2D eigenvalue weighted by Gasteiger charge is 2.28.